The summed E-state index contributed by atoms with van der Waals surface area (Å²) in [5.41, 5.74) is 6.38. The van der Waals surface area contributed by atoms with E-state index in [4.69, 9.17) is 0 Å². The van der Waals surface area contributed by atoms with Crippen molar-refractivity contribution in [3.63, 3.8) is 0 Å². The van der Waals surface area contributed by atoms with Gasteiger partial charge in [0.25, 0.3) is 5.91 Å². The van der Waals surface area contributed by atoms with E-state index in [9.17, 15) is 4.79 Å². The van der Waals surface area contributed by atoms with E-state index in [1.165, 1.54) is 29.4 Å². The minimum atomic E-state index is -0.0613. The van der Waals surface area contributed by atoms with E-state index in [0.29, 0.717) is 11.5 Å². The second-order valence-electron chi connectivity index (χ2n) is 7.84. The first-order valence-corrected chi connectivity index (χ1v) is 9.69. The van der Waals surface area contributed by atoms with E-state index >= 15 is 0 Å². The standard InChI is InChI=1S/C23H27N3O/c1-15-4-5-18(12-16(15)2)23(27)25-19-6-7-22-20(13-19)21(14-24-22)17-8-10-26(3)11-9-17/h4-7,12-14,17,24H,8-11H2,1-3H3,(H,25,27). The van der Waals surface area contributed by atoms with Gasteiger partial charge in [-0.15, -0.1) is 0 Å². The van der Waals surface area contributed by atoms with Crippen molar-refractivity contribution in [1.82, 2.24) is 9.88 Å². The Labute approximate surface area is 160 Å². The zero-order valence-electron chi connectivity index (χ0n) is 16.3. The Hall–Kier alpha value is -2.59. The van der Waals surface area contributed by atoms with Gasteiger partial charge < -0.3 is 15.2 Å². The summed E-state index contributed by atoms with van der Waals surface area (Å²) in [7, 11) is 2.19. The van der Waals surface area contributed by atoms with Crippen molar-refractivity contribution in [1.29, 1.82) is 0 Å². The number of aromatic amines is 1. The highest BCUT2D eigenvalue weighted by atomic mass is 16.1. The summed E-state index contributed by atoms with van der Waals surface area (Å²) in [5.74, 6) is 0.523. The van der Waals surface area contributed by atoms with Crippen LogP contribution in [-0.2, 0) is 0 Å². The third-order valence-corrected chi connectivity index (χ3v) is 5.90. The van der Waals surface area contributed by atoms with Crippen LogP contribution in [0, 0.1) is 13.8 Å². The van der Waals surface area contributed by atoms with Crippen LogP contribution in [0.25, 0.3) is 10.9 Å². The molecular weight excluding hydrogens is 334 g/mol. The Kier molecular flexibility index (Phi) is 4.75. The van der Waals surface area contributed by atoms with Gasteiger partial charge >= 0.3 is 0 Å². The average molecular weight is 361 g/mol. The number of hydrogen-bond acceptors (Lipinski definition) is 2. The minimum absolute atomic E-state index is 0.0613. The quantitative estimate of drug-likeness (QED) is 0.701. The highest BCUT2D eigenvalue weighted by Crippen LogP contribution is 2.34. The molecule has 140 valence electrons. The van der Waals surface area contributed by atoms with Crippen LogP contribution in [0.5, 0.6) is 0 Å². The number of carbonyl (C=O) groups is 1. The number of piperidine rings is 1. The van der Waals surface area contributed by atoms with E-state index in [-0.39, 0.29) is 5.91 Å². The van der Waals surface area contributed by atoms with Gasteiger partial charge in [0.05, 0.1) is 0 Å². The molecule has 1 aliphatic rings. The summed E-state index contributed by atoms with van der Waals surface area (Å²) < 4.78 is 0. The van der Waals surface area contributed by atoms with Gasteiger partial charge in [0, 0.05) is 28.4 Å². The number of carbonyl (C=O) groups excluding carboxylic acids is 1. The molecule has 1 aliphatic heterocycles. The smallest absolute Gasteiger partial charge is 0.255 e. The number of aryl methyl sites for hydroxylation is 2. The molecule has 3 aromatic rings. The molecule has 4 rings (SSSR count). The second kappa shape index (κ2) is 7.20. The number of benzene rings is 2. The fourth-order valence-electron chi connectivity index (χ4n) is 3.96. The van der Waals surface area contributed by atoms with Crippen LogP contribution in [0.3, 0.4) is 0 Å². The van der Waals surface area contributed by atoms with Crippen LogP contribution >= 0.6 is 0 Å². The molecule has 1 aromatic heterocycles. The molecule has 0 radical (unpaired) electrons. The van der Waals surface area contributed by atoms with Crippen molar-refractivity contribution >= 4 is 22.5 Å². The fourth-order valence-corrected chi connectivity index (χ4v) is 3.96. The zero-order chi connectivity index (χ0) is 19.0. The first-order valence-electron chi connectivity index (χ1n) is 9.69. The molecule has 4 nitrogen and oxygen atoms in total. The predicted octanol–water partition coefficient (Wildman–Crippen LogP) is 4.85. The Bertz CT molecular complexity index is 980. The maximum Gasteiger partial charge on any atom is 0.255 e. The third-order valence-electron chi connectivity index (χ3n) is 5.90. The lowest BCUT2D eigenvalue weighted by Crippen LogP contribution is -2.29. The molecule has 0 spiro atoms. The highest BCUT2D eigenvalue weighted by molar-refractivity contribution is 6.05. The first kappa shape index (κ1) is 17.8. The molecule has 0 unspecified atom stereocenters. The SMILES string of the molecule is Cc1ccc(C(=O)Nc2ccc3[nH]cc(C4CCN(C)CC4)c3c2)cc1C. The van der Waals surface area contributed by atoms with E-state index in [1.807, 2.05) is 31.2 Å². The molecule has 1 saturated heterocycles. The first-order chi connectivity index (χ1) is 13.0. The summed E-state index contributed by atoms with van der Waals surface area (Å²) in [4.78, 5) is 18.4. The van der Waals surface area contributed by atoms with Crippen LogP contribution < -0.4 is 5.32 Å². The number of hydrogen-bond donors (Lipinski definition) is 2. The van der Waals surface area contributed by atoms with Crippen molar-refractivity contribution in [2.24, 2.45) is 0 Å². The number of aromatic nitrogens is 1. The van der Waals surface area contributed by atoms with Gasteiger partial charge in [0.1, 0.15) is 0 Å². The number of rotatable bonds is 3. The molecule has 2 heterocycles. The Morgan fingerprint density at radius 3 is 2.59 bits per heavy atom. The predicted molar refractivity (Wildman–Crippen MR) is 112 cm³/mol. The summed E-state index contributed by atoms with van der Waals surface area (Å²) >= 11 is 0. The van der Waals surface area contributed by atoms with Gasteiger partial charge in [-0.3, -0.25) is 4.79 Å². The van der Waals surface area contributed by atoms with Crippen molar-refractivity contribution in [2.75, 3.05) is 25.5 Å². The molecule has 2 aromatic carbocycles. The molecule has 1 fully saturated rings. The monoisotopic (exact) mass is 361 g/mol. The van der Waals surface area contributed by atoms with Gasteiger partial charge in [-0.1, -0.05) is 6.07 Å². The van der Waals surface area contributed by atoms with Gasteiger partial charge in [-0.05, 0) is 99.8 Å². The van der Waals surface area contributed by atoms with Crippen molar-refractivity contribution in [3.05, 3.63) is 64.8 Å². The molecule has 0 bridgehead atoms. The van der Waals surface area contributed by atoms with Crippen LogP contribution in [0.4, 0.5) is 5.69 Å². The Morgan fingerprint density at radius 1 is 1.07 bits per heavy atom. The third kappa shape index (κ3) is 3.62. The van der Waals surface area contributed by atoms with Crippen LogP contribution in [0.1, 0.15) is 45.8 Å². The van der Waals surface area contributed by atoms with Crippen molar-refractivity contribution < 1.29 is 4.79 Å². The molecule has 0 aliphatic carbocycles. The molecule has 0 atom stereocenters. The lowest BCUT2D eigenvalue weighted by atomic mass is 9.89. The molecular formula is C23H27N3O. The van der Waals surface area contributed by atoms with E-state index in [2.05, 4.69) is 47.5 Å². The van der Waals surface area contributed by atoms with Gasteiger partial charge in [0.2, 0.25) is 0 Å². The Balaban J connectivity index is 1.58. The Morgan fingerprint density at radius 2 is 1.85 bits per heavy atom. The summed E-state index contributed by atoms with van der Waals surface area (Å²) in [5, 5.41) is 4.29. The van der Waals surface area contributed by atoms with Gasteiger partial charge in [-0.25, -0.2) is 0 Å². The molecule has 2 N–H and O–H groups in total. The number of H-pyrrole nitrogens is 1. The van der Waals surface area contributed by atoms with Crippen LogP contribution in [0.2, 0.25) is 0 Å². The summed E-state index contributed by atoms with van der Waals surface area (Å²) in [6.07, 6.45) is 4.51. The van der Waals surface area contributed by atoms with Crippen LogP contribution in [0.15, 0.2) is 42.6 Å². The summed E-state index contributed by atoms with van der Waals surface area (Å²) in [6.45, 7) is 6.37. The fraction of sp³-hybridized carbons (Fsp3) is 0.348. The molecule has 1 amide bonds. The van der Waals surface area contributed by atoms with E-state index in [1.54, 1.807) is 0 Å². The van der Waals surface area contributed by atoms with Crippen molar-refractivity contribution in [3.8, 4) is 0 Å². The van der Waals surface area contributed by atoms with Crippen LogP contribution in [-0.4, -0.2) is 35.9 Å². The normalized spacial score (nSPS) is 16.0. The maximum atomic E-state index is 12.7. The van der Waals surface area contributed by atoms with E-state index < -0.39 is 0 Å². The molecule has 27 heavy (non-hydrogen) atoms. The zero-order valence-corrected chi connectivity index (χ0v) is 16.3. The number of amides is 1. The maximum absolute atomic E-state index is 12.7. The number of nitrogens with one attached hydrogen (secondary N) is 2. The minimum Gasteiger partial charge on any atom is -0.361 e. The van der Waals surface area contributed by atoms with Gasteiger partial charge in [0.15, 0.2) is 0 Å². The highest BCUT2D eigenvalue weighted by Gasteiger charge is 2.21. The van der Waals surface area contributed by atoms with Crippen molar-refractivity contribution in [2.45, 2.75) is 32.6 Å². The molecule has 4 heteroatoms. The number of likely N-dealkylation sites (tertiary alicyclic amines) is 1. The topological polar surface area (TPSA) is 48.1 Å². The molecule has 0 saturated carbocycles. The number of fused-ring (bicyclic) bond motifs is 1. The average Bonchev–Trinajstić information content (AvgIpc) is 3.08. The number of anilines is 1. The lowest BCUT2D eigenvalue weighted by Gasteiger charge is -2.28. The lowest BCUT2D eigenvalue weighted by molar-refractivity contribution is 0.102. The largest absolute Gasteiger partial charge is 0.361 e. The van der Waals surface area contributed by atoms with Gasteiger partial charge in [-0.2, -0.15) is 0 Å². The summed E-state index contributed by atoms with van der Waals surface area (Å²) in [6, 6.07) is 12.0. The second-order valence-corrected chi connectivity index (χ2v) is 7.84. The number of nitrogens with zero attached hydrogens (tertiary/aromatic N) is 1. The van der Waals surface area contributed by atoms with E-state index in [0.717, 1.165) is 29.9 Å².